The van der Waals surface area contributed by atoms with Gasteiger partial charge in [-0.05, 0) is 61.9 Å². The summed E-state index contributed by atoms with van der Waals surface area (Å²) >= 11 is 13.1. The maximum absolute atomic E-state index is 12.0. The second-order valence-corrected chi connectivity index (χ2v) is 10.4. The third-order valence-electron chi connectivity index (χ3n) is 7.26. The van der Waals surface area contributed by atoms with Crippen LogP contribution in [0.4, 0.5) is 0 Å². The molecule has 1 N–H and O–H groups in total. The van der Waals surface area contributed by atoms with Crippen LogP contribution < -0.4 is 4.74 Å². The number of aromatic nitrogens is 6. The van der Waals surface area contributed by atoms with Gasteiger partial charge in [-0.25, -0.2) is 19.6 Å². The Balaban J connectivity index is 1.39. The van der Waals surface area contributed by atoms with Crippen molar-refractivity contribution in [3.8, 4) is 23.1 Å². The first-order valence-corrected chi connectivity index (χ1v) is 12.8. The molecule has 0 radical (unpaired) electrons. The molecular weight excluding hydrogens is 515 g/mol. The number of aliphatic carboxylic acids is 1. The number of aryl methyl sites for hydroxylation is 2. The molecule has 0 amide bonds. The number of methoxy groups -OCH3 is 1. The van der Waals surface area contributed by atoms with Crippen molar-refractivity contribution >= 4 is 29.2 Å². The third-order valence-corrected chi connectivity index (χ3v) is 7.90. The molecular formula is C26H24Cl2N6O3. The Kier molecular flexibility index (Phi) is 5.72. The Morgan fingerprint density at radius 2 is 2.00 bits per heavy atom. The lowest BCUT2D eigenvalue weighted by Crippen LogP contribution is -2.22. The van der Waals surface area contributed by atoms with Gasteiger partial charge >= 0.3 is 5.97 Å². The van der Waals surface area contributed by atoms with E-state index in [1.54, 1.807) is 19.5 Å². The lowest BCUT2D eigenvalue weighted by Gasteiger charge is -2.25. The Labute approximate surface area is 223 Å². The Hall–Kier alpha value is -3.43. The van der Waals surface area contributed by atoms with Gasteiger partial charge in [-0.1, -0.05) is 29.3 Å². The van der Waals surface area contributed by atoms with Gasteiger partial charge in [0.05, 0.1) is 24.5 Å². The van der Waals surface area contributed by atoms with E-state index >= 15 is 0 Å². The molecule has 37 heavy (non-hydrogen) atoms. The standard InChI is InChI=1S/C26H24Cl2N6O3/c1-14-12-33(13-29-14)21-6-5-20(30-24(21)37-2)22-31-23-15(4-3-9-34(23)32-22)16-10-17(19(28)11-18(16)27)26(7-8-26)25(35)36/h5-6,10-13,15H,3-4,7-9H2,1-2H3,(H,35,36). The lowest BCUT2D eigenvalue weighted by molar-refractivity contribution is -0.140. The number of hydrogen-bond acceptors (Lipinski definition) is 6. The highest BCUT2D eigenvalue weighted by Gasteiger charge is 2.53. The van der Waals surface area contributed by atoms with Crippen LogP contribution in [0.25, 0.3) is 17.2 Å². The van der Waals surface area contributed by atoms with Crippen molar-refractivity contribution in [2.75, 3.05) is 7.11 Å². The average molecular weight is 539 g/mol. The second kappa shape index (κ2) is 8.85. The molecule has 3 aromatic heterocycles. The first kappa shape index (κ1) is 23.9. The van der Waals surface area contributed by atoms with Crippen molar-refractivity contribution in [2.24, 2.45) is 0 Å². The summed E-state index contributed by atoms with van der Waals surface area (Å²) in [4.78, 5) is 25.8. The highest BCUT2D eigenvalue weighted by atomic mass is 35.5. The highest BCUT2D eigenvalue weighted by Crippen LogP contribution is 2.52. The molecule has 4 heterocycles. The van der Waals surface area contributed by atoms with Crippen molar-refractivity contribution in [1.82, 2.24) is 29.3 Å². The molecule has 0 spiro atoms. The summed E-state index contributed by atoms with van der Waals surface area (Å²) < 4.78 is 9.31. The van der Waals surface area contributed by atoms with Crippen molar-refractivity contribution in [2.45, 2.75) is 50.5 Å². The molecule has 190 valence electrons. The lowest BCUT2D eigenvalue weighted by atomic mass is 9.86. The molecule has 1 aromatic carbocycles. The zero-order valence-corrected chi connectivity index (χ0v) is 21.8. The fourth-order valence-electron chi connectivity index (χ4n) is 5.13. The fraction of sp³-hybridized carbons (Fsp3) is 0.346. The van der Waals surface area contributed by atoms with Gasteiger partial charge in [0, 0.05) is 28.7 Å². The zero-order valence-electron chi connectivity index (χ0n) is 20.3. The van der Waals surface area contributed by atoms with Crippen molar-refractivity contribution in [3.05, 3.63) is 69.5 Å². The number of ether oxygens (including phenoxy) is 1. The van der Waals surface area contributed by atoms with Crippen LogP contribution in [0.1, 0.15) is 54.2 Å². The van der Waals surface area contributed by atoms with Crippen LogP contribution in [0.15, 0.2) is 36.8 Å². The molecule has 1 aliphatic heterocycles. The summed E-state index contributed by atoms with van der Waals surface area (Å²) in [6.07, 6.45) is 6.44. The van der Waals surface area contributed by atoms with Crippen LogP contribution in [0, 0.1) is 6.92 Å². The van der Waals surface area contributed by atoms with Crippen LogP contribution in [-0.4, -0.2) is 47.5 Å². The van der Waals surface area contributed by atoms with E-state index in [9.17, 15) is 9.90 Å². The minimum Gasteiger partial charge on any atom is -0.481 e. The van der Waals surface area contributed by atoms with E-state index in [0.717, 1.165) is 42.2 Å². The quantitative estimate of drug-likeness (QED) is 0.359. The van der Waals surface area contributed by atoms with Crippen LogP contribution in [-0.2, 0) is 16.8 Å². The van der Waals surface area contributed by atoms with Crippen LogP contribution in [0.3, 0.4) is 0 Å². The SMILES string of the molecule is COc1nc(-c2nc3n(n2)CCCC3c2cc(C3(C(=O)O)CC3)c(Cl)cc2Cl)ccc1-n1cnc(C)c1. The fourth-order valence-corrected chi connectivity index (χ4v) is 5.83. The third kappa shape index (κ3) is 3.97. The molecule has 11 heteroatoms. The number of nitrogens with zero attached hydrogens (tertiary/aromatic N) is 6. The molecule has 0 bridgehead atoms. The van der Waals surface area contributed by atoms with Gasteiger partial charge in [0.25, 0.3) is 0 Å². The molecule has 2 aliphatic rings. The van der Waals surface area contributed by atoms with E-state index in [1.807, 2.05) is 40.6 Å². The van der Waals surface area contributed by atoms with Gasteiger partial charge in [0.1, 0.15) is 17.2 Å². The molecule has 0 saturated heterocycles. The Morgan fingerprint density at radius 3 is 2.68 bits per heavy atom. The molecule has 1 atom stereocenters. The number of carboxylic acid groups (broad SMARTS) is 1. The summed E-state index contributed by atoms with van der Waals surface area (Å²) in [6, 6.07) is 7.29. The van der Waals surface area contributed by atoms with Crippen LogP contribution >= 0.6 is 23.2 Å². The monoisotopic (exact) mass is 538 g/mol. The van der Waals surface area contributed by atoms with Crippen LogP contribution in [0.5, 0.6) is 5.88 Å². The van der Waals surface area contributed by atoms with Gasteiger partial charge in [0.15, 0.2) is 5.82 Å². The maximum atomic E-state index is 12.0. The second-order valence-electron chi connectivity index (χ2n) is 9.60. The van der Waals surface area contributed by atoms with Gasteiger partial charge < -0.3 is 14.4 Å². The largest absolute Gasteiger partial charge is 0.481 e. The smallest absolute Gasteiger partial charge is 0.314 e. The highest BCUT2D eigenvalue weighted by molar-refractivity contribution is 6.36. The molecule has 1 saturated carbocycles. The van der Waals surface area contributed by atoms with E-state index < -0.39 is 11.4 Å². The van der Waals surface area contributed by atoms with Gasteiger partial charge in [-0.2, -0.15) is 0 Å². The summed E-state index contributed by atoms with van der Waals surface area (Å²) in [5.74, 6) is 0.701. The molecule has 1 fully saturated rings. The van der Waals surface area contributed by atoms with Gasteiger partial charge in [-0.15, -0.1) is 5.10 Å². The summed E-state index contributed by atoms with van der Waals surface area (Å²) in [5, 5.41) is 15.5. The first-order valence-electron chi connectivity index (χ1n) is 12.0. The maximum Gasteiger partial charge on any atom is 0.314 e. The number of imidazole rings is 1. The predicted octanol–water partition coefficient (Wildman–Crippen LogP) is 5.19. The molecule has 9 nitrogen and oxygen atoms in total. The average Bonchev–Trinajstić information content (AvgIpc) is 3.39. The number of carbonyl (C=O) groups is 1. The number of benzene rings is 1. The number of pyridine rings is 1. The number of hydrogen-bond donors (Lipinski definition) is 1. The number of carboxylic acids is 1. The van der Waals surface area contributed by atoms with Crippen LogP contribution in [0.2, 0.25) is 10.0 Å². The van der Waals surface area contributed by atoms with E-state index in [-0.39, 0.29) is 5.92 Å². The van der Waals surface area contributed by atoms with E-state index in [4.69, 9.17) is 38.0 Å². The summed E-state index contributed by atoms with van der Waals surface area (Å²) in [7, 11) is 1.57. The van der Waals surface area contributed by atoms with E-state index in [1.165, 1.54) is 0 Å². The summed E-state index contributed by atoms with van der Waals surface area (Å²) in [5.41, 5.74) is 2.76. The topological polar surface area (TPSA) is 108 Å². The Bertz CT molecular complexity index is 1540. The predicted molar refractivity (Wildman–Crippen MR) is 138 cm³/mol. The van der Waals surface area contributed by atoms with E-state index in [0.29, 0.717) is 45.8 Å². The zero-order chi connectivity index (χ0) is 25.9. The number of rotatable bonds is 6. The van der Waals surface area contributed by atoms with E-state index in [2.05, 4.69) is 9.97 Å². The molecule has 1 unspecified atom stereocenters. The molecule has 6 rings (SSSR count). The normalized spacial score (nSPS) is 17.9. The first-order chi connectivity index (χ1) is 17.8. The Morgan fingerprint density at radius 1 is 1.19 bits per heavy atom. The minimum atomic E-state index is -0.931. The summed E-state index contributed by atoms with van der Waals surface area (Å²) in [6.45, 7) is 2.64. The molecule has 4 aromatic rings. The number of halogens is 2. The van der Waals surface area contributed by atoms with Crippen molar-refractivity contribution in [1.29, 1.82) is 0 Å². The number of fused-ring (bicyclic) bond motifs is 1. The molecule has 1 aliphatic carbocycles. The minimum absolute atomic E-state index is 0.141. The van der Waals surface area contributed by atoms with Crippen molar-refractivity contribution < 1.29 is 14.6 Å². The van der Waals surface area contributed by atoms with Gasteiger partial charge in [-0.3, -0.25) is 4.79 Å². The van der Waals surface area contributed by atoms with Crippen molar-refractivity contribution in [3.63, 3.8) is 0 Å². The van der Waals surface area contributed by atoms with Gasteiger partial charge in [0.2, 0.25) is 5.88 Å².